The molecular weight excluding hydrogens is 402 g/mol. The van der Waals surface area contributed by atoms with E-state index >= 15 is 0 Å². The molecule has 0 spiro atoms. The average Bonchev–Trinajstić information content (AvgIpc) is 3.09. The molecule has 11 heteroatoms. The third-order valence-electron chi connectivity index (χ3n) is 4.50. The summed E-state index contributed by atoms with van der Waals surface area (Å²) in [5.41, 5.74) is -0.579. The fraction of sp³-hybridized carbons (Fsp3) is 0.333. The first-order valence-corrected chi connectivity index (χ1v) is 8.48. The van der Waals surface area contributed by atoms with Gasteiger partial charge in [-0.3, -0.25) is 4.79 Å². The highest BCUT2D eigenvalue weighted by Gasteiger charge is 2.40. The number of nitrogens with one attached hydrogen (secondary N) is 1. The minimum atomic E-state index is -4.70. The summed E-state index contributed by atoms with van der Waals surface area (Å²) in [6, 6.07) is 4.11. The van der Waals surface area contributed by atoms with E-state index in [1.165, 1.54) is 17.0 Å². The highest BCUT2D eigenvalue weighted by molar-refractivity contribution is 5.86. The van der Waals surface area contributed by atoms with E-state index < -0.39 is 35.6 Å². The van der Waals surface area contributed by atoms with E-state index in [1.54, 1.807) is 0 Å². The van der Waals surface area contributed by atoms with E-state index in [4.69, 9.17) is 0 Å². The van der Waals surface area contributed by atoms with Crippen molar-refractivity contribution in [3.05, 3.63) is 54.5 Å². The summed E-state index contributed by atoms with van der Waals surface area (Å²) in [7, 11) is 0. The Morgan fingerprint density at radius 2 is 1.79 bits per heavy atom. The largest absolute Gasteiger partial charge is 0.449 e. The number of anilines is 2. The number of fused-ring (bicyclic) bond motifs is 1. The fourth-order valence-corrected chi connectivity index (χ4v) is 3.17. The Labute approximate surface area is 161 Å². The lowest BCUT2D eigenvalue weighted by Gasteiger charge is -2.36. The average molecular weight is 418 g/mol. The van der Waals surface area contributed by atoms with E-state index in [-0.39, 0.29) is 31.1 Å². The zero-order valence-electron chi connectivity index (χ0n) is 14.9. The molecule has 0 saturated carbocycles. The third-order valence-corrected chi connectivity index (χ3v) is 4.50. The van der Waals surface area contributed by atoms with Crippen LogP contribution in [0.2, 0.25) is 0 Å². The Hall–Kier alpha value is -2.98. The molecule has 3 rings (SSSR count). The van der Waals surface area contributed by atoms with Gasteiger partial charge in [0.05, 0.1) is 11.8 Å². The number of aromatic nitrogens is 2. The van der Waals surface area contributed by atoms with Gasteiger partial charge in [0.2, 0.25) is 11.7 Å². The number of carbonyl (C=O) groups is 1. The molecule has 1 amide bonds. The summed E-state index contributed by atoms with van der Waals surface area (Å²) in [6.45, 7) is 3.51. The number of halogens is 6. The van der Waals surface area contributed by atoms with Crippen LogP contribution in [-0.4, -0.2) is 28.5 Å². The summed E-state index contributed by atoms with van der Waals surface area (Å²) < 4.78 is 79.3. The number of nitrogens with zero attached hydrogens (tertiary/aromatic N) is 3. The van der Waals surface area contributed by atoms with Gasteiger partial charge < -0.3 is 14.8 Å². The maximum absolute atomic E-state index is 13.3. The van der Waals surface area contributed by atoms with Gasteiger partial charge in [0.15, 0.2) is 0 Å². The normalized spacial score (nSPS) is 17.0. The predicted octanol–water partition coefficient (Wildman–Crippen LogP) is 3.99. The Balaban J connectivity index is 1.96. The molecule has 2 aromatic rings. The first-order chi connectivity index (χ1) is 13.5. The van der Waals surface area contributed by atoms with Crippen molar-refractivity contribution in [1.82, 2.24) is 14.9 Å². The third kappa shape index (κ3) is 4.38. The zero-order chi connectivity index (χ0) is 21.4. The second-order valence-electron chi connectivity index (χ2n) is 6.52. The molecule has 1 aliphatic rings. The Morgan fingerprint density at radius 1 is 1.14 bits per heavy atom. The zero-order valence-corrected chi connectivity index (χ0v) is 14.9. The highest BCUT2D eigenvalue weighted by Crippen LogP contribution is 2.38. The number of hydrogen-bond donors (Lipinski definition) is 1. The van der Waals surface area contributed by atoms with Gasteiger partial charge >= 0.3 is 12.4 Å². The SMILES string of the molecule is C=CC(=O)NC[C@H]1CN(c2ccc(C(F)(F)F)cc2)c2cnc(C(F)(F)F)n2C1. The van der Waals surface area contributed by atoms with Crippen molar-refractivity contribution in [2.24, 2.45) is 5.92 Å². The second-order valence-corrected chi connectivity index (χ2v) is 6.52. The maximum atomic E-state index is 13.3. The van der Waals surface area contributed by atoms with Gasteiger partial charge in [-0.05, 0) is 30.3 Å². The maximum Gasteiger partial charge on any atom is 0.449 e. The summed E-state index contributed by atoms with van der Waals surface area (Å²) in [5, 5.41) is 2.54. The molecule has 0 bridgehead atoms. The molecule has 0 radical (unpaired) electrons. The van der Waals surface area contributed by atoms with Crippen molar-refractivity contribution in [3.63, 3.8) is 0 Å². The van der Waals surface area contributed by atoms with Crippen molar-refractivity contribution < 1.29 is 31.1 Å². The molecule has 1 aliphatic heterocycles. The van der Waals surface area contributed by atoms with E-state index in [0.717, 1.165) is 29.0 Å². The lowest BCUT2D eigenvalue weighted by atomic mass is 10.1. The van der Waals surface area contributed by atoms with E-state index in [1.807, 2.05) is 0 Å². The van der Waals surface area contributed by atoms with Gasteiger partial charge in [-0.2, -0.15) is 26.3 Å². The van der Waals surface area contributed by atoms with Crippen LogP contribution in [0.5, 0.6) is 0 Å². The number of imidazole rings is 1. The smallest absolute Gasteiger partial charge is 0.352 e. The number of benzene rings is 1. The van der Waals surface area contributed by atoms with Crippen molar-refractivity contribution >= 4 is 17.4 Å². The predicted molar refractivity (Wildman–Crippen MR) is 92.4 cm³/mol. The Kier molecular flexibility index (Phi) is 5.33. The van der Waals surface area contributed by atoms with Crippen LogP contribution in [0.4, 0.5) is 37.8 Å². The van der Waals surface area contributed by atoms with Crippen molar-refractivity contribution in [2.75, 3.05) is 18.0 Å². The Morgan fingerprint density at radius 3 is 2.34 bits per heavy atom. The van der Waals surface area contributed by atoms with Gasteiger partial charge in [-0.1, -0.05) is 6.58 Å². The lowest BCUT2D eigenvalue weighted by molar-refractivity contribution is -0.147. The topological polar surface area (TPSA) is 50.2 Å². The van der Waals surface area contributed by atoms with Gasteiger partial charge in [-0.25, -0.2) is 4.98 Å². The Bertz CT molecular complexity index is 901. The molecular formula is C18H16F6N4O. The number of amides is 1. The highest BCUT2D eigenvalue weighted by atomic mass is 19.4. The quantitative estimate of drug-likeness (QED) is 0.604. The summed E-state index contributed by atoms with van der Waals surface area (Å²) in [4.78, 5) is 16.3. The molecule has 1 atom stereocenters. The minimum absolute atomic E-state index is 0.0568. The number of hydrogen-bond acceptors (Lipinski definition) is 3. The summed E-state index contributed by atoms with van der Waals surface area (Å²) in [5.74, 6) is -1.91. The standard InChI is InChI=1S/C18H16F6N4O/c1-2-14(29)25-7-11-9-27(13-5-3-12(4-6-13)17(19,20)21)15-8-26-16(18(22,23)24)28(15)10-11/h2-6,8,11H,1,7,9-10H2,(H,25,29)/t11-/m0/s1. The molecule has 156 valence electrons. The monoisotopic (exact) mass is 418 g/mol. The van der Waals surface area contributed by atoms with Crippen molar-refractivity contribution in [1.29, 1.82) is 0 Å². The molecule has 0 fully saturated rings. The summed E-state index contributed by atoms with van der Waals surface area (Å²) in [6.07, 6.45) is -7.14. The number of alkyl halides is 6. The molecule has 29 heavy (non-hydrogen) atoms. The van der Waals surface area contributed by atoms with Gasteiger partial charge in [0.25, 0.3) is 0 Å². The molecule has 0 saturated heterocycles. The van der Waals surface area contributed by atoms with E-state index in [0.29, 0.717) is 0 Å². The number of carbonyl (C=O) groups excluding carboxylic acids is 1. The van der Waals surface area contributed by atoms with Crippen LogP contribution < -0.4 is 10.2 Å². The summed E-state index contributed by atoms with van der Waals surface area (Å²) >= 11 is 0. The molecule has 1 aromatic carbocycles. The van der Waals surface area contributed by atoms with Crippen LogP contribution >= 0.6 is 0 Å². The molecule has 0 aliphatic carbocycles. The molecule has 0 unspecified atom stereocenters. The van der Waals surface area contributed by atoms with Gasteiger partial charge in [-0.15, -0.1) is 0 Å². The molecule has 5 nitrogen and oxygen atoms in total. The second kappa shape index (κ2) is 7.45. The molecule has 2 heterocycles. The van der Waals surface area contributed by atoms with E-state index in [9.17, 15) is 31.1 Å². The van der Waals surface area contributed by atoms with Gasteiger partial charge in [0, 0.05) is 31.2 Å². The van der Waals surface area contributed by atoms with Gasteiger partial charge in [0.1, 0.15) is 5.82 Å². The lowest BCUT2D eigenvalue weighted by Crippen LogP contribution is -2.41. The minimum Gasteiger partial charge on any atom is -0.352 e. The first kappa shape index (κ1) is 20.7. The van der Waals surface area contributed by atoms with Crippen LogP contribution in [-0.2, 0) is 23.7 Å². The first-order valence-electron chi connectivity index (χ1n) is 8.48. The van der Waals surface area contributed by atoms with Crippen LogP contribution in [0, 0.1) is 5.92 Å². The fourth-order valence-electron chi connectivity index (χ4n) is 3.17. The van der Waals surface area contributed by atoms with Crippen molar-refractivity contribution in [3.8, 4) is 0 Å². The molecule has 1 N–H and O–H groups in total. The number of rotatable bonds is 4. The van der Waals surface area contributed by atoms with Crippen molar-refractivity contribution in [2.45, 2.75) is 18.9 Å². The van der Waals surface area contributed by atoms with Crippen LogP contribution in [0.3, 0.4) is 0 Å². The van der Waals surface area contributed by atoms with Crippen LogP contribution in [0.25, 0.3) is 0 Å². The van der Waals surface area contributed by atoms with E-state index in [2.05, 4.69) is 16.9 Å². The molecule has 1 aromatic heterocycles. The van der Waals surface area contributed by atoms with Crippen LogP contribution in [0.1, 0.15) is 11.4 Å². The van der Waals surface area contributed by atoms with Crippen LogP contribution in [0.15, 0.2) is 43.1 Å².